The van der Waals surface area contributed by atoms with E-state index in [-0.39, 0.29) is 16.9 Å². The van der Waals surface area contributed by atoms with Crippen LogP contribution in [0.15, 0.2) is 36.5 Å². The van der Waals surface area contributed by atoms with Gasteiger partial charge >= 0.3 is 6.18 Å². The highest BCUT2D eigenvalue weighted by molar-refractivity contribution is 7.16. The van der Waals surface area contributed by atoms with Crippen LogP contribution in [-0.4, -0.2) is 27.6 Å². The van der Waals surface area contributed by atoms with Crippen molar-refractivity contribution in [1.29, 1.82) is 5.26 Å². The first kappa shape index (κ1) is 23.8. The molecule has 1 aromatic carbocycles. The molecule has 0 radical (unpaired) electrons. The van der Waals surface area contributed by atoms with Crippen LogP contribution in [0, 0.1) is 11.3 Å². The second kappa shape index (κ2) is 9.28. The standard InChI is InChI=1S/C25H20F3N5O2S/c1-35-15-9-7-14(8-10-15)19-11-21(25(26,27)28)33-22(31-19)18(13-30-33)23(34)32-24-17(12-29)16-5-3-2-4-6-20(16)36-24/h7-11,13H,2-6H2,1H3,(H,32,34). The van der Waals surface area contributed by atoms with Crippen LogP contribution in [0.5, 0.6) is 5.75 Å². The van der Waals surface area contributed by atoms with Gasteiger partial charge in [-0.25, -0.2) is 9.50 Å². The van der Waals surface area contributed by atoms with Gasteiger partial charge in [0.1, 0.15) is 22.4 Å². The molecule has 0 atom stereocenters. The molecule has 0 saturated heterocycles. The molecule has 0 aliphatic heterocycles. The molecule has 1 aliphatic carbocycles. The van der Waals surface area contributed by atoms with Crippen LogP contribution < -0.4 is 10.1 Å². The van der Waals surface area contributed by atoms with E-state index in [1.54, 1.807) is 24.3 Å². The number of rotatable bonds is 4. The molecule has 11 heteroatoms. The summed E-state index contributed by atoms with van der Waals surface area (Å²) in [6.07, 6.45) is 0.999. The molecule has 36 heavy (non-hydrogen) atoms. The number of nitrogens with one attached hydrogen (secondary N) is 1. The van der Waals surface area contributed by atoms with E-state index in [2.05, 4.69) is 21.5 Å². The zero-order chi connectivity index (χ0) is 25.4. The van der Waals surface area contributed by atoms with Gasteiger partial charge in [-0.05, 0) is 61.6 Å². The highest BCUT2D eigenvalue weighted by Gasteiger charge is 2.36. The number of hydrogen-bond donors (Lipinski definition) is 1. The number of nitrogens with zero attached hydrogens (tertiary/aromatic N) is 4. The fourth-order valence-corrected chi connectivity index (χ4v) is 5.59. The third-order valence-corrected chi connectivity index (χ3v) is 7.36. The zero-order valence-corrected chi connectivity index (χ0v) is 20.0. The van der Waals surface area contributed by atoms with Gasteiger partial charge in [0.2, 0.25) is 0 Å². The number of aryl methyl sites for hydroxylation is 1. The van der Waals surface area contributed by atoms with E-state index in [9.17, 15) is 23.2 Å². The van der Waals surface area contributed by atoms with Crippen molar-refractivity contribution in [3.63, 3.8) is 0 Å². The van der Waals surface area contributed by atoms with Crippen LogP contribution in [0.1, 0.15) is 51.3 Å². The number of thiophene rings is 1. The number of carbonyl (C=O) groups excluding carboxylic acids is 1. The quantitative estimate of drug-likeness (QED) is 0.346. The molecular weight excluding hydrogens is 491 g/mol. The second-order valence-corrected chi connectivity index (χ2v) is 9.49. The van der Waals surface area contributed by atoms with E-state index < -0.39 is 17.8 Å². The maximum atomic E-state index is 13.9. The molecule has 0 fully saturated rings. The number of aromatic nitrogens is 3. The van der Waals surface area contributed by atoms with Gasteiger partial charge in [0.15, 0.2) is 11.3 Å². The van der Waals surface area contributed by atoms with Crippen molar-refractivity contribution in [2.24, 2.45) is 0 Å². The number of amides is 1. The normalized spacial score (nSPS) is 13.6. The molecule has 3 heterocycles. The van der Waals surface area contributed by atoms with Gasteiger partial charge in [0.25, 0.3) is 5.91 Å². The SMILES string of the molecule is COc1ccc(-c2cc(C(F)(F)F)n3ncc(C(=O)Nc4sc5c(c4C#N)CCCCC5)c3n2)cc1. The molecule has 3 aromatic heterocycles. The summed E-state index contributed by atoms with van der Waals surface area (Å²) in [5.74, 6) is -0.131. The molecule has 5 rings (SSSR count). The van der Waals surface area contributed by atoms with E-state index >= 15 is 0 Å². The zero-order valence-electron chi connectivity index (χ0n) is 19.1. The molecule has 0 spiro atoms. The molecule has 1 amide bonds. The van der Waals surface area contributed by atoms with Crippen LogP contribution in [0.2, 0.25) is 0 Å². The number of ether oxygens (including phenoxy) is 1. The van der Waals surface area contributed by atoms with E-state index in [1.807, 2.05) is 0 Å². The van der Waals surface area contributed by atoms with Crippen molar-refractivity contribution < 1.29 is 22.7 Å². The third-order valence-electron chi connectivity index (χ3n) is 6.15. The average Bonchev–Trinajstić information content (AvgIpc) is 3.35. The maximum Gasteiger partial charge on any atom is 0.433 e. The number of halogens is 3. The molecule has 0 bridgehead atoms. The van der Waals surface area contributed by atoms with Crippen LogP contribution in [0.3, 0.4) is 0 Å². The van der Waals surface area contributed by atoms with Gasteiger partial charge in [0.05, 0.1) is 24.6 Å². The summed E-state index contributed by atoms with van der Waals surface area (Å²) in [5.41, 5.74) is 0.419. The number of fused-ring (bicyclic) bond motifs is 2. The van der Waals surface area contributed by atoms with Gasteiger partial charge in [-0.1, -0.05) is 6.42 Å². The van der Waals surface area contributed by atoms with Gasteiger partial charge in [-0.3, -0.25) is 4.79 Å². The summed E-state index contributed by atoms with van der Waals surface area (Å²) in [5, 5.41) is 16.7. The Morgan fingerprint density at radius 2 is 1.94 bits per heavy atom. The highest BCUT2D eigenvalue weighted by Crippen LogP contribution is 2.38. The van der Waals surface area contributed by atoms with Crippen LogP contribution in [-0.2, 0) is 19.0 Å². The van der Waals surface area contributed by atoms with Crippen LogP contribution in [0.25, 0.3) is 16.9 Å². The molecule has 0 saturated carbocycles. The van der Waals surface area contributed by atoms with E-state index in [0.29, 0.717) is 26.4 Å². The number of anilines is 1. The molecule has 0 unspecified atom stereocenters. The molecule has 7 nitrogen and oxygen atoms in total. The topological polar surface area (TPSA) is 92.3 Å². The number of alkyl halides is 3. The number of methoxy groups -OCH3 is 1. The molecule has 184 valence electrons. The predicted molar refractivity (Wildman–Crippen MR) is 128 cm³/mol. The third kappa shape index (κ3) is 4.28. The Labute approximate surface area is 208 Å². The summed E-state index contributed by atoms with van der Waals surface area (Å²) in [4.78, 5) is 18.6. The lowest BCUT2D eigenvalue weighted by molar-refractivity contribution is -0.142. The Hall–Kier alpha value is -3.91. The molecular formula is C25H20F3N5O2S. The predicted octanol–water partition coefficient (Wildman–Crippen LogP) is 5.88. The Morgan fingerprint density at radius 1 is 1.19 bits per heavy atom. The van der Waals surface area contributed by atoms with Gasteiger partial charge in [-0.2, -0.15) is 23.5 Å². The minimum absolute atomic E-state index is 0.0348. The van der Waals surface area contributed by atoms with Crippen molar-refractivity contribution in [2.75, 3.05) is 12.4 Å². The molecule has 1 aliphatic rings. The summed E-state index contributed by atoms with van der Waals surface area (Å²) >= 11 is 1.35. The van der Waals surface area contributed by atoms with Gasteiger partial charge < -0.3 is 10.1 Å². The number of carbonyl (C=O) groups is 1. The minimum Gasteiger partial charge on any atom is -0.497 e. The fraction of sp³-hybridized carbons (Fsp3) is 0.280. The van der Waals surface area contributed by atoms with Gasteiger partial charge in [0, 0.05) is 10.4 Å². The first-order valence-corrected chi connectivity index (χ1v) is 12.1. The second-order valence-electron chi connectivity index (χ2n) is 8.38. The lowest BCUT2D eigenvalue weighted by atomic mass is 10.1. The average molecular weight is 512 g/mol. The summed E-state index contributed by atoms with van der Waals surface area (Å²) in [7, 11) is 1.49. The fourth-order valence-electron chi connectivity index (χ4n) is 4.35. The van der Waals surface area contributed by atoms with Crippen LogP contribution >= 0.6 is 11.3 Å². The largest absolute Gasteiger partial charge is 0.497 e. The minimum atomic E-state index is -4.73. The van der Waals surface area contributed by atoms with E-state index in [4.69, 9.17) is 4.74 Å². The Balaban J connectivity index is 1.57. The number of benzene rings is 1. The van der Waals surface area contributed by atoms with E-state index in [1.165, 1.54) is 18.4 Å². The molecule has 1 N–H and O–H groups in total. The number of nitriles is 1. The van der Waals surface area contributed by atoms with Gasteiger partial charge in [-0.15, -0.1) is 11.3 Å². The summed E-state index contributed by atoms with van der Waals surface area (Å²) in [6.45, 7) is 0. The van der Waals surface area contributed by atoms with E-state index in [0.717, 1.165) is 54.8 Å². The Bertz CT molecular complexity index is 1500. The lowest BCUT2D eigenvalue weighted by Crippen LogP contribution is -2.15. The van der Waals surface area contributed by atoms with Crippen molar-refractivity contribution >= 4 is 27.9 Å². The highest BCUT2D eigenvalue weighted by atomic mass is 32.1. The van der Waals surface area contributed by atoms with Crippen molar-refractivity contribution in [3.05, 3.63) is 63.8 Å². The summed E-state index contributed by atoms with van der Waals surface area (Å²) in [6, 6.07) is 9.49. The number of hydrogen-bond acceptors (Lipinski definition) is 6. The lowest BCUT2D eigenvalue weighted by Gasteiger charge is -2.12. The Kier molecular flexibility index (Phi) is 6.14. The maximum absolute atomic E-state index is 13.9. The monoisotopic (exact) mass is 511 g/mol. The van der Waals surface area contributed by atoms with Crippen LogP contribution in [0.4, 0.5) is 18.2 Å². The van der Waals surface area contributed by atoms with Crippen molar-refractivity contribution in [3.8, 4) is 23.1 Å². The smallest absolute Gasteiger partial charge is 0.433 e. The molecule has 4 aromatic rings. The first-order chi connectivity index (χ1) is 17.3. The summed E-state index contributed by atoms with van der Waals surface area (Å²) < 4.78 is 47.5. The first-order valence-electron chi connectivity index (χ1n) is 11.3. The van der Waals surface area contributed by atoms with Crippen molar-refractivity contribution in [2.45, 2.75) is 38.3 Å². The Morgan fingerprint density at radius 3 is 2.64 bits per heavy atom. The van der Waals surface area contributed by atoms with Crippen molar-refractivity contribution in [1.82, 2.24) is 14.6 Å².